The van der Waals surface area contributed by atoms with E-state index in [4.69, 9.17) is 0 Å². The Balaban J connectivity index is 1.97. The molecule has 1 aliphatic heterocycles. The van der Waals surface area contributed by atoms with Crippen LogP contribution in [0, 0.1) is 6.92 Å². The van der Waals surface area contributed by atoms with Gasteiger partial charge in [-0.15, -0.1) is 0 Å². The SMILES string of the molecule is Cc1c(C(O)C2NCCc3ccccc32)cnn1C. The Morgan fingerprint density at radius 2 is 2.21 bits per heavy atom. The smallest absolute Gasteiger partial charge is 0.102 e. The van der Waals surface area contributed by atoms with Crippen LogP contribution in [0.3, 0.4) is 0 Å². The van der Waals surface area contributed by atoms with Gasteiger partial charge in [-0.2, -0.15) is 5.10 Å². The Morgan fingerprint density at radius 1 is 1.42 bits per heavy atom. The second-order valence-electron chi connectivity index (χ2n) is 5.13. The predicted molar refractivity (Wildman–Crippen MR) is 73.8 cm³/mol. The third kappa shape index (κ3) is 2.07. The molecular formula is C15H19N3O. The molecule has 0 radical (unpaired) electrons. The third-order valence-corrected chi connectivity index (χ3v) is 4.06. The molecule has 1 aromatic heterocycles. The third-order valence-electron chi connectivity index (χ3n) is 4.06. The lowest BCUT2D eigenvalue weighted by atomic mass is 9.89. The number of aliphatic hydroxyl groups excluding tert-OH is 1. The molecule has 1 aliphatic rings. The van der Waals surface area contributed by atoms with Gasteiger partial charge >= 0.3 is 0 Å². The lowest BCUT2D eigenvalue weighted by molar-refractivity contribution is 0.124. The van der Waals surface area contributed by atoms with E-state index in [0.29, 0.717) is 0 Å². The average Bonchev–Trinajstić information content (AvgIpc) is 2.78. The van der Waals surface area contributed by atoms with Crippen LogP contribution in [0.4, 0.5) is 0 Å². The van der Waals surface area contributed by atoms with Crippen LogP contribution in [0.1, 0.15) is 34.5 Å². The van der Waals surface area contributed by atoms with Crippen LogP contribution in [0.2, 0.25) is 0 Å². The van der Waals surface area contributed by atoms with Crippen molar-refractivity contribution in [1.82, 2.24) is 15.1 Å². The first kappa shape index (κ1) is 12.4. The lowest BCUT2D eigenvalue weighted by Crippen LogP contribution is -2.34. The van der Waals surface area contributed by atoms with E-state index in [-0.39, 0.29) is 6.04 Å². The van der Waals surface area contributed by atoms with Gasteiger partial charge in [0.2, 0.25) is 0 Å². The quantitative estimate of drug-likeness (QED) is 0.860. The summed E-state index contributed by atoms with van der Waals surface area (Å²) in [4.78, 5) is 0. The van der Waals surface area contributed by atoms with Gasteiger partial charge in [-0.3, -0.25) is 4.68 Å². The van der Waals surface area contributed by atoms with Gasteiger partial charge in [0.1, 0.15) is 6.10 Å². The number of aromatic nitrogens is 2. The minimum Gasteiger partial charge on any atom is -0.386 e. The second-order valence-corrected chi connectivity index (χ2v) is 5.13. The molecule has 0 spiro atoms. The first-order valence-corrected chi connectivity index (χ1v) is 6.66. The van der Waals surface area contributed by atoms with Gasteiger partial charge < -0.3 is 10.4 Å². The van der Waals surface area contributed by atoms with Crippen molar-refractivity contribution < 1.29 is 5.11 Å². The fourth-order valence-corrected chi connectivity index (χ4v) is 2.80. The highest BCUT2D eigenvalue weighted by Gasteiger charge is 2.28. The number of rotatable bonds is 2. The first-order chi connectivity index (χ1) is 9.18. The number of fused-ring (bicyclic) bond motifs is 1. The molecule has 0 fully saturated rings. The maximum absolute atomic E-state index is 10.7. The molecule has 2 atom stereocenters. The minimum atomic E-state index is -0.560. The van der Waals surface area contributed by atoms with Crippen LogP contribution in [-0.4, -0.2) is 21.4 Å². The maximum Gasteiger partial charge on any atom is 0.102 e. The maximum atomic E-state index is 10.7. The van der Waals surface area contributed by atoms with E-state index in [1.54, 1.807) is 10.9 Å². The summed E-state index contributed by atoms with van der Waals surface area (Å²) in [6.07, 6.45) is 2.22. The number of benzene rings is 1. The van der Waals surface area contributed by atoms with Gasteiger partial charge in [0, 0.05) is 18.3 Å². The topological polar surface area (TPSA) is 50.1 Å². The van der Waals surface area contributed by atoms with Gasteiger partial charge in [0.05, 0.1) is 12.2 Å². The van der Waals surface area contributed by atoms with Gasteiger partial charge in [-0.1, -0.05) is 24.3 Å². The van der Waals surface area contributed by atoms with Crippen LogP contribution in [0.5, 0.6) is 0 Å². The zero-order chi connectivity index (χ0) is 13.4. The van der Waals surface area contributed by atoms with E-state index in [1.165, 1.54) is 11.1 Å². The molecule has 2 unspecified atom stereocenters. The largest absolute Gasteiger partial charge is 0.386 e. The Morgan fingerprint density at radius 3 is 2.95 bits per heavy atom. The van der Waals surface area contributed by atoms with Gasteiger partial charge in [0.25, 0.3) is 0 Å². The number of hydrogen-bond acceptors (Lipinski definition) is 3. The van der Waals surface area contributed by atoms with Gasteiger partial charge in [-0.25, -0.2) is 0 Å². The van der Waals surface area contributed by atoms with Crippen molar-refractivity contribution in [2.75, 3.05) is 6.54 Å². The van der Waals surface area contributed by atoms with Crippen molar-refractivity contribution in [2.24, 2.45) is 7.05 Å². The Kier molecular flexibility index (Phi) is 3.12. The summed E-state index contributed by atoms with van der Waals surface area (Å²) in [5.74, 6) is 0. The minimum absolute atomic E-state index is 0.0483. The molecule has 1 aromatic carbocycles. The number of nitrogens with one attached hydrogen (secondary N) is 1. The summed E-state index contributed by atoms with van der Waals surface area (Å²) < 4.78 is 1.80. The monoisotopic (exact) mass is 257 g/mol. The molecule has 2 heterocycles. The van der Waals surface area contributed by atoms with Crippen molar-refractivity contribution in [3.05, 3.63) is 52.8 Å². The number of hydrogen-bond donors (Lipinski definition) is 2. The lowest BCUT2D eigenvalue weighted by Gasteiger charge is -2.30. The normalized spacial score (nSPS) is 20.1. The summed E-state index contributed by atoms with van der Waals surface area (Å²) in [5.41, 5.74) is 4.44. The summed E-state index contributed by atoms with van der Waals surface area (Å²) >= 11 is 0. The van der Waals surface area contributed by atoms with Crippen LogP contribution in [0.15, 0.2) is 30.5 Å². The van der Waals surface area contributed by atoms with E-state index < -0.39 is 6.10 Å². The van der Waals surface area contributed by atoms with Crippen molar-refractivity contribution in [2.45, 2.75) is 25.5 Å². The molecular weight excluding hydrogens is 238 g/mol. The molecule has 3 rings (SSSR count). The van der Waals surface area contributed by atoms with E-state index in [2.05, 4.69) is 28.6 Å². The fourth-order valence-electron chi connectivity index (χ4n) is 2.80. The van der Waals surface area contributed by atoms with Gasteiger partial charge in [-0.05, 0) is 31.0 Å². The van der Waals surface area contributed by atoms with E-state index in [0.717, 1.165) is 24.2 Å². The number of aliphatic hydroxyl groups is 1. The van der Waals surface area contributed by atoms with Gasteiger partial charge in [0.15, 0.2) is 0 Å². The average molecular weight is 257 g/mol. The molecule has 0 aliphatic carbocycles. The highest BCUT2D eigenvalue weighted by molar-refractivity contribution is 5.35. The molecule has 0 saturated carbocycles. The zero-order valence-corrected chi connectivity index (χ0v) is 11.3. The zero-order valence-electron chi connectivity index (χ0n) is 11.3. The summed E-state index contributed by atoms with van der Waals surface area (Å²) in [6, 6.07) is 8.28. The fraction of sp³-hybridized carbons (Fsp3) is 0.400. The highest BCUT2D eigenvalue weighted by atomic mass is 16.3. The first-order valence-electron chi connectivity index (χ1n) is 6.66. The van der Waals surface area contributed by atoms with E-state index >= 15 is 0 Å². The van der Waals surface area contributed by atoms with Crippen molar-refractivity contribution >= 4 is 0 Å². The Hall–Kier alpha value is -1.65. The predicted octanol–water partition coefficient (Wildman–Crippen LogP) is 1.65. The molecule has 2 aromatic rings. The second kappa shape index (κ2) is 4.79. The molecule has 19 heavy (non-hydrogen) atoms. The van der Waals surface area contributed by atoms with Crippen molar-refractivity contribution in [1.29, 1.82) is 0 Å². The van der Waals surface area contributed by atoms with Crippen LogP contribution < -0.4 is 5.32 Å². The molecule has 0 bridgehead atoms. The van der Waals surface area contributed by atoms with Crippen LogP contribution >= 0.6 is 0 Å². The van der Waals surface area contributed by atoms with Crippen LogP contribution in [-0.2, 0) is 13.5 Å². The Labute approximate surface area is 113 Å². The molecule has 100 valence electrons. The number of aryl methyl sites for hydroxylation is 1. The standard InChI is InChI=1S/C15H19N3O/c1-10-13(9-17-18(10)2)15(19)14-12-6-4-3-5-11(12)7-8-16-14/h3-6,9,14-16,19H,7-8H2,1-2H3. The summed E-state index contributed by atoms with van der Waals surface area (Å²) in [7, 11) is 1.90. The molecule has 2 N–H and O–H groups in total. The van der Waals surface area contributed by atoms with E-state index in [9.17, 15) is 5.11 Å². The molecule has 4 nitrogen and oxygen atoms in total. The van der Waals surface area contributed by atoms with E-state index in [1.807, 2.05) is 20.0 Å². The van der Waals surface area contributed by atoms with Crippen molar-refractivity contribution in [3.8, 4) is 0 Å². The summed E-state index contributed by atoms with van der Waals surface area (Å²) in [5, 5.41) is 18.3. The summed E-state index contributed by atoms with van der Waals surface area (Å²) in [6.45, 7) is 2.89. The van der Waals surface area contributed by atoms with Crippen molar-refractivity contribution in [3.63, 3.8) is 0 Å². The molecule has 0 saturated heterocycles. The highest BCUT2D eigenvalue weighted by Crippen LogP contribution is 2.34. The molecule has 4 heteroatoms. The van der Waals surface area contributed by atoms with Crippen LogP contribution in [0.25, 0.3) is 0 Å². The molecule has 0 amide bonds. The Bertz CT molecular complexity index is 591. The number of nitrogens with zero attached hydrogens (tertiary/aromatic N) is 2.